The van der Waals surface area contributed by atoms with Crippen molar-refractivity contribution < 1.29 is 9.90 Å². The number of carbonyl (C=O) groups is 1. The van der Waals surface area contributed by atoms with E-state index < -0.39 is 0 Å². The maximum atomic E-state index is 11.8. The van der Waals surface area contributed by atoms with Crippen LogP contribution in [0.1, 0.15) is 24.3 Å². The fraction of sp³-hybridized carbons (Fsp3) is 0.545. The van der Waals surface area contributed by atoms with E-state index in [9.17, 15) is 4.79 Å². The van der Waals surface area contributed by atoms with Crippen LogP contribution in [0.15, 0.2) is 12.3 Å². The lowest BCUT2D eigenvalue weighted by Gasteiger charge is -2.19. The van der Waals surface area contributed by atoms with Crippen molar-refractivity contribution in [2.24, 2.45) is 13.0 Å². The molecule has 2 atom stereocenters. The molecule has 1 aromatic heterocycles. The molecule has 0 saturated heterocycles. The van der Waals surface area contributed by atoms with Gasteiger partial charge in [-0.2, -0.15) is 0 Å². The van der Waals surface area contributed by atoms with Gasteiger partial charge in [-0.25, -0.2) is 0 Å². The van der Waals surface area contributed by atoms with Crippen molar-refractivity contribution in [2.75, 3.05) is 6.61 Å². The molecule has 0 aromatic carbocycles. The van der Waals surface area contributed by atoms with Gasteiger partial charge >= 0.3 is 0 Å². The van der Waals surface area contributed by atoms with Crippen LogP contribution in [0.5, 0.6) is 0 Å². The molecule has 2 unspecified atom stereocenters. The molecule has 0 aliphatic heterocycles. The minimum atomic E-state index is -0.179. The van der Waals surface area contributed by atoms with Crippen molar-refractivity contribution >= 4 is 17.5 Å². The van der Waals surface area contributed by atoms with Crippen LogP contribution in [0, 0.1) is 5.92 Å². The fourth-order valence-electron chi connectivity index (χ4n) is 1.33. The highest BCUT2D eigenvalue weighted by Crippen LogP contribution is 2.13. The van der Waals surface area contributed by atoms with Crippen LogP contribution in [-0.4, -0.2) is 28.2 Å². The predicted octanol–water partition coefficient (Wildman–Crippen LogP) is 1.43. The monoisotopic (exact) mass is 244 g/mol. The van der Waals surface area contributed by atoms with Gasteiger partial charge in [0, 0.05) is 25.9 Å². The van der Waals surface area contributed by atoms with Crippen LogP contribution >= 0.6 is 11.6 Å². The van der Waals surface area contributed by atoms with Gasteiger partial charge in [0.1, 0.15) is 5.69 Å². The number of nitrogens with one attached hydrogen (secondary N) is 1. The number of aromatic nitrogens is 1. The second kappa shape index (κ2) is 5.37. The number of carbonyl (C=O) groups excluding carboxylic acids is 1. The molecule has 0 saturated carbocycles. The molecule has 1 amide bonds. The van der Waals surface area contributed by atoms with Crippen molar-refractivity contribution in [1.82, 2.24) is 9.88 Å². The standard InChI is InChI=1S/C11H17ClN2O2/c1-7(6-15)8(2)13-11(16)10-4-9(12)5-14(10)3/h4-5,7-8,15H,6H2,1-3H3,(H,13,16). The zero-order valence-corrected chi connectivity index (χ0v) is 10.5. The molecule has 1 aromatic rings. The molecule has 0 spiro atoms. The molecule has 90 valence electrons. The van der Waals surface area contributed by atoms with E-state index in [2.05, 4.69) is 5.32 Å². The summed E-state index contributed by atoms with van der Waals surface area (Å²) in [6, 6.07) is 1.54. The van der Waals surface area contributed by atoms with E-state index in [1.807, 2.05) is 13.8 Å². The molecular weight excluding hydrogens is 228 g/mol. The lowest BCUT2D eigenvalue weighted by Crippen LogP contribution is -2.39. The van der Waals surface area contributed by atoms with Gasteiger partial charge < -0.3 is 15.0 Å². The number of aliphatic hydroxyl groups is 1. The first-order valence-electron chi connectivity index (χ1n) is 5.19. The number of hydrogen-bond acceptors (Lipinski definition) is 2. The SMILES string of the molecule is CC(CO)C(C)NC(=O)c1cc(Cl)cn1C. The molecule has 0 bridgehead atoms. The third-order valence-electron chi connectivity index (χ3n) is 2.70. The van der Waals surface area contributed by atoms with Gasteiger partial charge in [-0.1, -0.05) is 18.5 Å². The lowest BCUT2D eigenvalue weighted by atomic mass is 10.1. The summed E-state index contributed by atoms with van der Waals surface area (Å²) in [5.41, 5.74) is 0.516. The molecule has 2 N–H and O–H groups in total. The highest BCUT2D eigenvalue weighted by atomic mass is 35.5. The van der Waals surface area contributed by atoms with E-state index >= 15 is 0 Å². The molecule has 0 radical (unpaired) electrons. The number of hydrogen-bond donors (Lipinski definition) is 2. The molecule has 1 rings (SSSR count). The Balaban J connectivity index is 2.69. The van der Waals surface area contributed by atoms with E-state index in [0.717, 1.165) is 0 Å². The van der Waals surface area contributed by atoms with Gasteiger partial charge in [-0.05, 0) is 18.9 Å². The zero-order chi connectivity index (χ0) is 12.3. The Kier molecular flexibility index (Phi) is 4.38. The van der Waals surface area contributed by atoms with E-state index in [4.69, 9.17) is 16.7 Å². The van der Waals surface area contributed by atoms with Gasteiger partial charge in [0.2, 0.25) is 0 Å². The molecule has 4 nitrogen and oxygen atoms in total. The second-order valence-electron chi connectivity index (χ2n) is 4.08. The number of amides is 1. The van der Waals surface area contributed by atoms with Crippen molar-refractivity contribution in [2.45, 2.75) is 19.9 Å². The van der Waals surface area contributed by atoms with Gasteiger partial charge in [0.05, 0.1) is 5.02 Å². The van der Waals surface area contributed by atoms with Crippen LogP contribution < -0.4 is 5.32 Å². The molecule has 0 aliphatic rings. The van der Waals surface area contributed by atoms with E-state index in [1.165, 1.54) is 0 Å². The van der Waals surface area contributed by atoms with Gasteiger partial charge in [-0.3, -0.25) is 4.79 Å². The number of aryl methyl sites for hydroxylation is 1. The first-order chi connectivity index (χ1) is 7.45. The number of aliphatic hydroxyl groups excluding tert-OH is 1. The molecule has 0 aliphatic carbocycles. The number of rotatable bonds is 4. The predicted molar refractivity (Wildman–Crippen MR) is 63.6 cm³/mol. The fourth-order valence-corrected chi connectivity index (χ4v) is 1.58. The summed E-state index contributed by atoms with van der Waals surface area (Å²) in [6.45, 7) is 3.79. The Morgan fingerprint density at radius 2 is 2.25 bits per heavy atom. The first-order valence-corrected chi connectivity index (χ1v) is 5.57. The summed E-state index contributed by atoms with van der Waals surface area (Å²) in [6.07, 6.45) is 1.68. The smallest absolute Gasteiger partial charge is 0.268 e. The summed E-state index contributed by atoms with van der Waals surface area (Å²) >= 11 is 5.80. The highest BCUT2D eigenvalue weighted by molar-refractivity contribution is 6.31. The minimum Gasteiger partial charge on any atom is -0.396 e. The quantitative estimate of drug-likeness (QED) is 0.842. The Morgan fingerprint density at radius 1 is 1.62 bits per heavy atom. The maximum Gasteiger partial charge on any atom is 0.268 e. The van der Waals surface area contributed by atoms with E-state index in [1.54, 1.807) is 23.9 Å². The second-order valence-corrected chi connectivity index (χ2v) is 4.51. The number of halogens is 1. The van der Waals surface area contributed by atoms with E-state index in [-0.39, 0.29) is 24.5 Å². The minimum absolute atomic E-state index is 0.0275. The summed E-state index contributed by atoms with van der Waals surface area (Å²) in [5, 5.41) is 12.3. The largest absolute Gasteiger partial charge is 0.396 e. The summed E-state index contributed by atoms with van der Waals surface area (Å²) in [5.74, 6) is -0.151. The first kappa shape index (κ1) is 13.1. The van der Waals surface area contributed by atoms with Crippen molar-refractivity contribution in [3.05, 3.63) is 23.0 Å². The average Bonchev–Trinajstić information content (AvgIpc) is 2.56. The third kappa shape index (κ3) is 3.00. The topological polar surface area (TPSA) is 54.3 Å². The van der Waals surface area contributed by atoms with Crippen LogP contribution in [-0.2, 0) is 7.05 Å². The van der Waals surface area contributed by atoms with Crippen molar-refractivity contribution in [1.29, 1.82) is 0 Å². The number of nitrogens with zero attached hydrogens (tertiary/aromatic N) is 1. The Hall–Kier alpha value is -1.00. The third-order valence-corrected chi connectivity index (χ3v) is 2.91. The molecule has 0 fully saturated rings. The van der Waals surface area contributed by atoms with E-state index in [0.29, 0.717) is 10.7 Å². The average molecular weight is 245 g/mol. The van der Waals surface area contributed by atoms with Gasteiger partial charge in [0.15, 0.2) is 0 Å². The van der Waals surface area contributed by atoms with Crippen molar-refractivity contribution in [3.8, 4) is 0 Å². The van der Waals surface area contributed by atoms with Crippen LogP contribution in [0.4, 0.5) is 0 Å². The lowest BCUT2D eigenvalue weighted by molar-refractivity contribution is 0.0908. The highest BCUT2D eigenvalue weighted by Gasteiger charge is 2.17. The molecule has 16 heavy (non-hydrogen) atoms. The Labute approximate surface area is 100 Å². The molecular formula is C11H17ClN2O2. The normalized spacial score (nSPS) is 14.6. The summed E-state index contributed by atoms with van der Waals surface area (Å²) in [7, 11) is 1.76. The van der Waals surface area contributed by atoms with Gasteiger partial charge in [-0.15, -0.1) is 0 Å². The van der Waals surface area contributed by atoms with Crippen LogP contribution in [0.3, 0.4) is 0 Å². The Bertz CT molecular complexity index is 376. The van der Waals surface area contributed by atoms with Gasteiger partial charge in [0.25, 0.3) is 5.91 Å². The zero-order valence-electron chi connectivity index (χ0n) is 9.70. The van der Waals surface area contributed by atoms with Crippen LogP contribution in [0.25, 0.3) is 0 Å². The summed E-state index contributed by atoms with van der Waals surface area (Å²) < 4.78 is 1.67. The molecule has 1 heterocycles. The summed E-state index contributed by atoms with van der Waals surface area (Å²) in [4.78, 5) is 11.8. The molecule has 5 heteroatoms. The van der Waals surface area contributed by atoms with Crippen LogP contribution in [0.2, 0.25) is 5.02 Å². The Morgan fingerprint density at radius 3 is 2.69 bits per heavy atom. The van der Waals surface area contributed by atoms with Crippen molar-refractivity contribution in [3.63, 3.8) is 0 Å². The maximum absolute atomic E-state index is 11.8.